The van der Waals surface area contributed by atoms with Crippen molar-refractivity contribution in [2.45, 2.75) is 25.3 Å². The molecule has 0 atom stereocenters. The Balaban J connectivity index is 1.56. The summed E-state index contributed by atoms with van der Waals surface area (Å²) in [6, 6.07) is 43.4. The van der Waals surface area contributed by atoms with Gasteiger partial charge in [-0.05, 0) is 53.4 Å². The molecule has 0 aliphatic carbocycles. The largest absolute Gasteiger partial charge is 0.494 e. The van der Waals surface area contributed by atoms with Gasteiger partial charge in [0.25, 0.3) is 11.8 Å². The monoisotopic (exact) mass is 577 g/mol. The maximum Gasteiger partial charge on any atom is 0.267 e. The predicted molar refractivity (Wildman–Crippen MR) is 172 cm³/mol. The number of ether oxygens (including phenoxy) is 1. The molecule has 6 heteroatoms. The van der Waals surface area contributed by atoms with Gasteiger partial charge in [0.1, 0.15) is 11.3 Å². The zero-order chi connectivity index (χ0) is 30.1. The van der Waals surface area contributed by atoms with Crippen molar-refractivity contribution in [1.29, 1.82) is 0 Å². The van der Waals surface area contributed by atoms with Crippen LogP contribution < -0.4 is 9.64 Å². The number of nitrogens with zero attached hydrogens (tertiary/aromatic N) is 3. The molecule has 0 unspecified atom stereocenters. The molecule has 1 aromatic heterocycles. The minimum absolute atomic E-state index is 0.277. The van der Waals surface area contributed by atoms with Crippen molar-refractivity contribution in [1.82, 2.24) is 9.78 Å². The third-order valence-corrected chi connectivity index (χ3v) is 8.30. The van der Waals surface area contributed by atoms with Crippen molar-refractivity contribution >= 4 is 28.5 Å². The lowest BCUT2D eigenvalue weighted by Crippen LogP contribution is -2.39. The number of imide groups is 1. The first-order chi connectivity index (χ1) is 21.6. The SMILES string of the molecule is CCCCOc1ccc2c(c1)c(N1C(=O)c3ccccc3C1=O)nn2C(c1ccccc1)(c1ccccc1)c1ccccc1. The number of rotatable bonds is 9. The summed E-state index contributed by atoms with van der Waals surface area (Å²) >= 11 is 0. The standard InChI is InChI=1S/C38H31N3O3/c1-2-3-25-44-30-23-24-34-33(26-30)35(40-36(42)31-21-13-14-22-32(31)37(40)43)39-41(34)38(27-15-7-4-8-16-27,28-17-9-5-10-18-28)29-19-11-6-12-20-29/h4-24,26H,2-3,25H2,1H3. The van der Waals surface area contributed by atoms with Crippen molar-refractivity contribution in [3.8, 4) is 5.75 Å². The summed E-state index contributed by atoms with van der Waals surface area (Å²) < 4.78 is 8.08. The maximum atomic E-state index is 13.8. The van der Waals surface area contributed by atoms with Gasteiger partial charge < -0.3 is 4.74 Å². The second kappa shape index (κ2) is 11.3. The molecule has 0 N–H and O–H groups in total. The van der Waals surface area contributed by atoms with Gasteiger partial charge in [-0.1, -0.05) is 116 Å². The summed E-state index contributed by atoms with van der Waals surface area (Å²) in [5.41, 5.74) is 3.52. The third kappa shape index (κ3) is 4.30. The van der Waals surface area contributed by atoms with Gasteiger partial charge in [-0.3, -0.25) is 9.59 Å². The van der Waals surface area contributed by atoms with Crippen LogP contribution in [0.3, 0.4) is 0 Å². The summed E-state index contributed by atoms with van der Waals surface area (Å²) in [7, 11) is 0. The lowest BCUT2D eigenvalue weighted by atomic mass is 9.77. The topological polar surface area (TPSA) is 64.4 Å². The van der Waals surface area contributed by atoms with E-state index in [1.54, 1.807) is 24.3 Å². The molecule has 44 heavy (non-hydrogen) atoms. The first-order valence-corrected chi connectivity index (χ1v) is 14.9. The Morgan fingerprint density at radius 3 is 1.66 bits per heavy atom. The molecular weight excluding hydrogens is 546 g/mol. The predicted octanol–water partition coefficient (Wildman–Crippen LogP) is 7.86. The minimum Gasteiger partial charge on any atom is -0.494 e. The number of carbonyl (C=O) groups is 2. The summed E-state index contributed by atoms with van der Waals surface area (Å²) in [4.78, 5) is 28.9. The normalized spacial score (nSPS) is 13.0. The Labute approximate surface area is 256 Å². The molecular formula is C38H31N3O3. The third-order valence-electron chi connectivity index (χ3n) is 8.30. The fourth-order valence-corrected chi connectivity index (χ4v) is 6.21. The number of aromatic nitrogens is 2. The van der Waals surface area contributed by atoms with Crippen molar-refractivity contribution in [3.05, 3.63) is 161 Å². The van der Waals surface area contributed by atoms with Crippen molar-refractivity contribution in [2.24, 2.45) is 0 Å². The Kier molecular flexibility index (Phi) is 7.03. The van der Waals surface area contributed by atoms with Gasteiger partial charge in [-0.15, -0.1) is 0 Å². The molecule has 0 saturated carbocycles. The summed E-state index contributed by atoms with van der Waals surface area (Å²) in [5.74, 6) is 0.158. The smallest absolute Gasteiger partial charge is 0.267 e. The van der Waals surface area contributed by atoms with E-state index in [1.165, 1.54) is 4.90 Å². The van der Waals surface area contributed by atoms with Crippen molar-refractivity contribution < 1.29 is 14.3 Å². The number of fused-ring (bicyclic) bond motifs is 2. The lowest BCUT2D eigenvalue weighted by Gasteiger charge is -2.37. The fourth-order valence-electron chi connectivity index (χ4n) is 6.21. The highest BCUT2D eigenvalue weighted by atomic mass is 16.5. The van der Waals surface area contributed by atoms with Crippen LogP contribution in [0.4, 0.5) is 5.82 Å². The molecule has 2 heterocycles. The van der Waals surface area contributed by atoms with E-state index in [2.05, 4.69) is 43.3 Å². The number of hydrogen-bond acceptors (Lipinski definition) is 4. The van der Waals surface area contributed by atoms with E-state index < -0.39 is 5.54 Å². The van der Waals surface area contributed by atoms with Crippen LogP contribution in [0.25, 0.3) is 10.9 Å². The average Bonchev–Trinajstić information content (AvgIpc) is 3.57. The van der Waals surface area contributed by atoms with E-state index in [0.29, 0.717) is 28.9 Å². The molecule has 0 radical (unpaired) electrons. The number of anilines is 1. The molecule has 1 aliphatic rings. The molecule has 2 amide bonds. The van der Waals surface area contributed by atoms with Crippen LogP contribution in [0, 0.1) is 0 Å². The van der Waals surface area contributed by atoms with Crippen LogP contribution in [-0.4, -0.2) is 28.2 Å². The first kappa shape index (κ1) is 27.3. The zero-order valence-corrected chi connectivity index (χ0v) is 24.4. The van der Waals surface area contributed by atoms with Gasteiger partial charge in [-0.25, -0.2) is 9.58 Å². The Bertz CT molecular complexity index is 1840. The highest BCUT2D eigenvalue weighted by Crippen LogP contribution is 2.45. The molecule has 216 valence electrons. The summed E-state index contributed by atoms with van der Waals surface area (Å²) in [5, 5.41) is 5.89. The van der Waals surface area contributed by atoms with E-state index in [4.69, 9.17) is 9.84 Å². The number of amides is 2. The average molecular weight is 578 g/mol. The number of benzene rings is 5. The molecule has 0 bridgehead atoms. The quantitative estimate of drug-likeness (QED) is 0.0997. The molecule has 7 rings (SSSR count). The van der Waals surface area contributed by atoms with Gasteiger partial charge in [0.2, 0.25) is 0 Å². The van der Waals surface area contributed by atoms with E-state index in [1.807, 2.05) is 77.5 Å². The zero-order valence-electron chi connectivity index (χ0n) is 24.4. The van der Waals surface area contributed by atoms with Crippen LogP contribution in [-0.2, 0) is 5.54 Å². The van der Waals surface area contributed by atoms with E-state index in [9.17, 15) is 9.59 Å². The van der Waals surface area contributed by atoms with Gasteiger partial charge in [0, 0.05) is 5.39 Å². The number of carbonyl (C=O) groups excluding carboxylic acids is 2. The van der Waals surface area contributed by atoms with Crippen molar-refractivity contribution in [3.63, 3.8) is 0 Å². The Hall–Kier alpha value is -5.49. The van der Waals surface area contributed by atoms with Crippen LogP contribution >= 0.6 is 0 Å². The first-order valence-electron chi connectivity index (χ1n) is 14.9. The van der Waals surface area contributed by atoms with Crippen LogP contribution in [0.1, 0.15) is 57.2 Å². The van der Waals surface area contributed by atoms with Crippen LogP contribution in [0.5, 0.6) is 5.75 Å². The van der Waals surface area contributed by atoms with Gasteiger partial charge >= 0.3 is 0 Å². The van der Waals surface area contributed by atoms with Crippen LogP contribution in [0.2, 0.25) is 0 Å². The van der Waals surface area contributed by atoms with Gasteiger partial charge in [0.15, 0.2) is 5.82 Å². The Morgan fingerprint density at radius 2 is 1.16 bits per heavy atom. The van der Waals surface area contributed by atoms with Crippen molar-refractivity contribution in [2.75, 3.05) is 11.5 Å². The minimum atomic E-state index is -0.941. The van der Waals surface area contributed by atoms with E-state index >= 15 is 0 Å². The second-order valence-electron chi connectivity index (χ2n) is 10.9. The molecule has 1 aliphatic heterocycles. The number of unbranched alkanes of at least 4 members (excludes halogenated alkanes) is 1. The van der Waals surface area contributed by atoms with E-state index in [0.717, 1.165) is 35.0 Å². The van der Waals surface area contributed by atoms with Gasteiger partial charge in [0.05, 0.1) is 23.3 Å². The highest BCUT2D eigenvalue weighted by Gasteiger charge is 2.44. The summed E-state index contributed by atoms with van der Waals surface area (Å²) in [6.07, 6.45) is 1.93. The molecule has 6 aromatic rings. The second-order valence-corrected chi connectivity index (χ2v) is 10.9. The number of hydrogen-bond donors (Lipinski definition) is 0. The molecule has 0 fully saturated rings. The lowest BCUT2D eigenvalue weighted by molar-refractivity contribution is 0.0925. The maximum absolute atomic E-state index is 13.8. The molecule has 0 saturated heterocycles. The fraction of sp³-hybridized carbons (Fsp3) is 0.132. The van der Waals surface area contributed by atoms with Gasteiger partial charge in [-0.2, -0.15) is 5.10 Å². The van der Waals surface area contributed by atoms with Crippen LogP contribution in [0.15, 0.2) is 133 Å². The Morgan fingerprint density at radius 1 is 0.659 bits per heavy atom. The summed E-state index contributed by atoms with van der Waals surface area (Å²) in [6.45, 7) is 2.69. The van der Waals surface area contributed by atoms with E-state index in [-0.39, 0.29) is 17.6 Å². The molecule has 0 spiro atoms. The molecule has 6 nitrogen and oxygen atoms in total. The highest BCUT2D eigenvalue weighted by molar-refractivity contribution is 6.35. The molecule has 5 aromatic carbocycles.